The van der Waals surface area contributed by atoms with Crippen LogP contribution in [0.1, 0.15) is 44.9 Å². The van der Waals surface area contributed by atoms with Gasteiger partial charge < -0.3 is 0 Å². The number of carbonyl (C=O) groups excluding carboxylic acids is 1. The van der Waals surface area contributed by atoms with E-state index in [1.165, 1.54) is 11.6 Å². The standard InChI is InChI=1S/C15H25BrN2O6S2/c1-25(21,22)15(9-3-2-4-10-15)13(14(19)17-20)18-26(23,24)12-7-5-11(16)6-8-12/h5,7,11-13,18,20H,2-4,6,8-10H2,1H3,(H,17,19). The van der Waals surface area contributed by atoms with Gasteiger partial charge in [-0.1, -0.05) is 47.3 Å². The topological polar surface area (TPSA) is 130 Å². The van der Waals surface area contributed by atoms with Crippen molar-refractivity contribution in [1.29, 1.82) is 0 Å². The van der Waals surface area contributed by atoms with Crippen LogP contribution in [-0.4, -0.2) is 55.1 Å². The molecule has 26 heavy (non-hydrogen) atoms. The second-order valence-corrected chi connectivity index (χ2v) is 12.5. The maximum atomic E-state index is 12.8. The van der Waals surface area contributed by atoms with Gasteiger partial charge in [-0.25, -0.2) is 27.0 Å². The van der Waals surface area contributed by atoms with Crippen LogP contribution in [0.4, 0.5) is 0 Å². The van der Waals surface area contributed by atoms with Gasteiger partial charge in [-0.05, 0) is 25.7 Å². The quantitative estimate of drug-likeness (QED) is 0.229. The van der Waals surface area contributed by atoms with Crippen molar-refractivity contribution in [2.45, 2.75) is 65.8 Å². The van der Waals surface area contributed by atoms with E-state index in [-0.39, 0.29) is 17.7 Å². The molecule has 0 radical (unpaired) electrons. The summed E-state index contributed by atoms with van der Waals surface area (Å²) in [6, 6.07) is -1.58. The molecule has 0 aromatic carbocycles. The number of hydrogen-bond donors (Lipinski definition) is 3. The minimum Gasteiger partial charge on any atom is -0.289 e. The number of amides is 1. The molecule has 0 heterocycles. The van der Waals surface area contributed by atoms with Crippen molar-refractivity contribution in [3.63, 3.8) is 0 Å². The third-order valence-corrected chi connectivity index (χ3v) is 9.92. The minimum absolute atomic E-state index is 0.0891. The second-order valence-electron chi connectivity index (χ2n) is 6.99. The lowest BCUT2D eigenvalue weighted by Gasteiger charge is -2.41. The SMILES string of the molecule is CS(=O)(=O)C1(C(NS(=O)(=O)C2C=CC(Br)CC2)C(=O)NO)CCCCC1. The van der Waals surface area contributed by atoms with Crippen LogP contribution in [0.5, 0.6) is 0 Å². The number of allylic oxidation sites excluding steroid dienone is 1. The molecule has 0 spiro atoms. The summed E-state index contributed by atoms with van der Waals surface area (Å²) in [5.41, 5.74) is 1.44. The molecule has 0 aliphatic heterocycles. The Hall–Kier alpha value is -0.490. The smallest absolute Gasteiger partial charge is 0.263 e. The van der Waals surface area contributed by atoms with Gasteiger partial charge in [0.15, 0.2) is 9.84 Å². The Bertz CT molecular complexity index is 759. The molecule has 0 bridgehead atoms. The first-order valence-electron chi connectivity index (χ1n) is 8.50. The summed E-state index contributed by atoms with van der Waals surface area (Å²) < 4.78 is 51.5. The van der Waals surface area contributed by atoms with Crippen LogP contribution in [0.15, 0.2) is 12.2 Å². The average molecular weight is 473 g/mol. The minimum atomic E-state index is -4.00. The van der Waals surface area contributed by atoms with Crippen molar-refractivity contribution in [2.75, 3.05) is 6.26 Å². The predicted molar refractivity (Wildman–Crippen MR) is 101 cm³/mol. The highest BCUT2D eigenvalue weighted by Crippen LogP contribution is 2.38. The Morgan fingerprint density at radius 2 is 1.77 bits per heavy atom. The van der Waals surface area contributed by atoms with Gasteiger partial charge >= 0.3 is 0 Å². The summed E-state index contributed by atoms with van der Waals surface area (Å²) in [4.78, 5) is 12.4. The predicted octanol–water partition coefficient (Wildman–Crippen LogP) is 1.01. The number of hydroxylamine groups is 1. The number of sulfonamides is 1. The molecular weight excluding hydrogens is 448 g/mol. The summed E-state index contributed by atoms with van der Waals surface area (Å²) in [6.07, 6.45) is 7.51. The van der Waals surface area contributed by atoms with Crippen molar-refractivity contribution in [1.82, 2.24) is 10.2 Å². The monoisotopic (exact) mass is 472 g/mol. The number of halogens is 1. The van der Waals surface area contributed by atoms with E-state index >= 15 is 0 Å². The molecule has 0 aromatic rings. The Morgan fingerprint density at radius 3 is 2.23 bits per heavy atom. The van der Waals surface area contributed by atoms with Crippen LogP contribution in [0.2, 0.25) is 0 Å². The molecule has 1 fully saturated rings. The Labute approximate surface area is 162 Å². The van der Waals surface area contributed by atoms with E-state index in [1.807, 2.05) is 0 Å². The van der Waals surface area contributed by atoms with Gasteiger partial charge in [-0.2, -0.15) is 0 Å². The Balaban J connectivity index is 2.41. The molecule has 2 rings (SSSR count). The highest BCUT2D eigenvalue weighted by molar-refractivity contribution is 9.09. The van der Waals surface area contributed by atoms with Crippen LogP contribution in [-0.2, 0) is 24.7 Å². The fourth-order valence-corrected chi connectivity index (χ4v) is 7.48. The van der Waals surface area contributed by atoms with Crippen LogP contribution < -0.4 is 10.2 Å². The average Bonchev–Trinajstić information content (AvgIpc) is 2.59. The normalized spacial score (nSPS) is 27.7. The molecule has 1 amide bonds. The van der Waals surface area contributed by atoms with Gasteiger partial charge in [0.25, 0.3) is 5.91 Å². The van der Waals surface area contributed by atoms with E-state index in [9.17, 15) is 21.6 Å². The maximum Gasteiger partial charge on any atom is 0.263 e. The first kappa shape index (κ1) is 21.8. The van der Waals surface area contributed by atoms with E-state index in [0.29, 0.717) is 25.7 Å². The van der Waals surface area contributed by atoms with Crippen LogP contribution in [0.25, 0.3) is 0 Å². The lowest BCUT2D eigenvalue weighted by molar-refractivity contribution is -0.132. The van der Waals surface area contributed by atoms with Gasteiger partial charge in [-0.3, -0.25) is 10.0 Å². The highest BCUT2D eigenvalue weighted by atomic mass is 79.9. The lowest BCUT2D eigenvalue weighted by Crippen LogP contribution is -2.64. The molecular formula is C15H25BrN2O6S2. The van der Waals surface area contributed by atoms with Gasteiger partial charge in [0.05, 0.1) is 10.00 Å². The summed E-state index contributed by atoms with van der Waals surface area (Å²) >= 11 is 3.39. The first-order valence-corrected chi connectivity index (χ1v) is 12.9. The highest BCUT2D eigenvalue weighted by Gasteiger charge is 2.53. The van der Waals surface area contributed by atoms with E-state index in [0.717, 1.165) is 12.7 Å². The molecule has 1 saturated carbocycles. The molecule has 0 aromatic heterocycles. The maximum absolute atomic E-state index is 12.8. The number of alkyl halides is 1. The number of sulfone groups is 1. The molecule has 150 valence electrons. The molecule has 3 atom stereocenters. The van der Waals surface area contributed by atoms with Crippen molar-refractivity contribution in [3.05, 3.63) is 12.2 Å². The van der Waals surface area contributed by atoms with E-state index in [2.05, 4.69) is 20.7 Å². The van der Waals surface area contributed by atoms with Gasteiger partial charge in [-0.15, -0.1) is 0 Å². The van der Waals surface area contributed by atoms with Crippen molar-refractivity contribution < 1.29 is 26.8 Å². The van der Waals surface area contributed by atoms with Gasteiger partial charge in [0, 0.05) is 11.1 Å². The van der Waals surface area contributed by atoms with Crippen molar-refractivity contribution in [2.24, 2.45) is 0 Å². The summed E-state index contributed by atoms with van der Waals surface area (Å²) in [5, 5.41) is 8.25. The third kappa shape index (κ3) is 4.49. The zero-order valence-electron chi connectivity index (χ0n) is 14.5. The molecule has 0 saturated heterocycles. The molecule has 2 aliphatic rings. The number of carbonyl (C=O) groups is 1. The number of nitrogens with one attached hydrogen (secondary N) is 2. The summed E-state index contributed by atoms with van der Waals surface area (Å²) in [6.45, 7) is 0. The zero-order chi connectivity index (χ0) is 19.6. The van der Waals surface area contributed by atoms with Crippen LogP contribution in [0.3, 0.4) is 0 Å². The number of rotatable bonds is 6. The fraction of sp³-hybridized carbons (Fsp3) is 0.800. The van der Waals surface area contributed by atoms with Gasteiger partial charge in [0.1, 0.15) is 6.04 Å². The molecule has 3 N–H and O–H groups in total. The van der Waals surface area contributed by atoms with Crippen LogP contribution >= 0.6 is 15.9 Å². The Kier molecular flexibility index (Phi) is 6.92. The van der Waals surface area contributed by atoms with Crippen molar-refractivity contribution in [3.8, 4) is 0 Å². The number of hydrogen-bond acceptors (Lipinski definition) is 6. The molecule has 11 heteroatoms. The van der Waals surface area contributed by atoms with Crippen LogP contribution in [0, 0.1) is 0 Å². The summed E-state index contributed by atoms with van der Waals surface area (Å²) in [5.74, 6) is -1.06. The molecule has 8 nitrogen and oxygen atoms in total. The Morgan fingerprint density at radius 1 is 1.15 bits per heavy atom. The third-order valence-electron chi connectivity index (χ3n) is 5.28. The van der Waals surface area contributed by atoms with E-state index in [1.54, 1.807) is 6.08 Å². The van der Waals surface area contributed by atoms with E-state index in [4.69, 9.17) is 5.21 Å². The first-order chi connectivity index (χ1) is 12.0. The fourth-order valence-electron chi connectivity index (χ4n) is 3.76. The second kappa shape index (κ2) is 8.26. The lowest BCUT2D eigenvalue weighted by atomic mass is 9.83. The molecule has 2 aliphatic carbocycles. The van der Waals surface area contributed by atoms with Crippen molar-refractivity contribution >= 4 is 41.7 Å². The molecule has 3 unspecified atom stereocenters. The summed E-state index contributed by atoms with van der Waals surface area (Å²) in [7, 11) is -7.78. The largest absolute Gasteiger partial charge is 0.289 e. The van der Waals surface area contributed by atoms with Gasteiger partial charge in [0.2, 0.25) is 10.0 Å². The zero-order valence-corrected chi connectivity index (χ0v) is 17.7. The van der Waals surface area contributed by atoms with E-state index < -0.39 is 41.8 Å².